The summed E-state index contributed by atoms with van der Waals surface area (Å²) in [5.41, 5.74) is 1.02. The van der Waals surface area contributed by atoms with Gasteiger partial charge in [0.25, 0.3) is 5.91 Å². The van der Waals surface area contributed by atoms with Crippen LogP contribution in [0.25, 0.3) is 0 Å². The van der Waals surface area contributed by atoms with Gasteiger partial charge >= 0.3 is 5.97 Å². The molecule has 1 amide bonds. The molecule has 2 aromatic heterocycles. The summed E-state index contributed by atoms with van der Waals surface area (Å²) in [6.45, 7) is 2.27. The van der Waals surface area contributed by atoms with Crippen molar-refractivity contribution in [2.24, 2.45) is 0 Å². The number of hydrogen-bond donors (Lipinski definition) is 1. The fourth-order valence-electron chi connectivity index (χ4n) is 1.64. The molecular weight excluding hydrogens is 270 g/mol. The molecule has 0 aliphatic heterocycles. The lowest BCUT2D eigenvalue weighted by Gasteiger charge is -2.06. The highest BCUT2D eigenvalue weighted by Crippen LogP contribution is 2.02. The summed E-state index contributed by atoms with van der Waals surface area (Å²) in [6, 6.07) is 10.1. The first-order valence-corrected chi connectivity index (χ1v) is 6.53. The Morgan fingerprint density at radius 1 is 1.14 bits per heavy atom. The maximum absolute atomic E-state index is 12.0. The summed E-state index contributed by atoms with van der Waals surface area (Å²) in [5.74, 6) is -0.913. The average Bonchev–Trinajstić information content (AvgIpc) is 2.54. The smallest absolute Gasteiger partial charge is 0.356 e. The molecule has 0 saturated carbocycles. The van der Waals surface area contributed by atoms with E-state index < -0.39 is 5.97 Å². The monoisotopic (exact) mass is 285 g/mol. The number of esters is 1. The molecule has 6 nitrogen and oxygen atoms in total. The highest BCUT2D eigenvalue weighted by atomic mass is 16.5. The van der Waals surface area contributed by atoms with Gasteiger partial charge in [-0.3, -0.25) is 9.78 Å². The second-order valence-electron chi connectivity index (χ2n) is 4.13. The number of carbonyl (C=O) groups excluding carboxylic acids is 2. The third-order valence-electron chi connectivity index (χ3n) is 2.62. The van der Waals surface area contributed by atoms with Crippen LogP contribution in [-0.2, 0) is 11.3 Å². The van der Waals surface area contributed by atoms with Gasteiger partial charge in [-0.2, -0.15) is 0 Å². The van der Waals surface area contributed by atoms with Crippen LogP contribution in [0.2, 0.25) is 0 Å². The second kappa shape index (κ2) is 7.14. The van der Waals surface area contributed by atoms with Crippen molar-refractivity contribution in [3.8, 4) is 0 Å². The Kier molecular flexibility index (Phi) is 4.98. The maximum atomic E-state index is 12.0. The Morgan fingerprint density at radius 3 is 2.67 bits per heavy atom. The number of hydrogen-bond acceptors (Lipinski definition) is 5. The molecule has 21 heavy (non-hydrogen) atoms. The number of aromatic nitrogens is 2. The zero-order valence-corrected chi connectivity index (χ0v) is 11.6. The number of nitrogens with one attached hydrogen (secondary N) is 1. The number of pyridine rings is 2. The molecule has 1 N–H and O–H groups in total. The standard InChI is InChI=1S/C15H15N3O3/c1-2-21-15(20)13-8-5-7-12(18-13)14(19)17-10-11-6-3-4-9-16-11/h3-9H,2,10H2,1H3,(H,17,19). The van der Waals surface area contributed by atoms with Gasteiger partial charge in [-0.05, 0) is 31.2 Å². The van der Waals surface area contributed by atoms with Crippen LogP contribution in [0.4, 0.5) is 0 Å². The lowest BCUT2D eigenvalue weighted by molar-refractivity contribution is 0.0519. The van der Waals surface area contributed by atoms with Crippen LogP contribution >= 0.6 is 0 Å². The zero-order valence-electron chi connectivity index (χ0n) is 11.6. The minimum Gasteiger partial charge on any atom is -0.461 e. The van der Waals surface area contributed by atoms with E-state index in [0.717, 1.165) is 5.69 Å². The van der Waals surface area contributed by atoms with Crippen LogP contribution < -0.4 is 5.32 Å². The van der Waals surface area contributed by atoms with Crippen molar-refractivity contribution in [3.05, 3.63) is 59.7 Å². The molecule has 2 rings (SSSR count). The summed E-state index contributed by atoms with van der Waals surface area (Å²) in [4.78, 5) is 31.7. The minimum absolute atomic E-state index is 0.113. The van der Waals surface area contributed by atoms with Crippen LogP contribution in [0.3, 0.4) is 0 Å². The molecule has 0 bridgehead atoms. The summed E-state index contributed by atoms with van der Waals surface area (Å²) >= 11 is 0. The Labute approximate surface area is 122 Å². The number of nitrogens with zero attached hydrogens (tertiary/aromatic N) is 2. The van der Waals surface area contributed by atoms with Crippen molar-refractivity contribution in [2.75, 3.05) is 6.61 Å². The third kappa shape index (κ3) is 4.10. The van der Waals surface area contributed by atoms with Crippen molar-refractivity contribution in [1.29, 1.82) is 0 Å². The van der Waals surface area contributed by atoms with Crippen LogP contribution in [0.15, 0.2) is 42.6 Å². The van der Waals surface area contributed by atoms with E-state index in [1.54, 1.807) is 25.3 Å². The number of ether oxygens (including phenoxy) is 1. The van der Waals surface area contributed by atoms with Gasteiger partial charge in [0.2, 0.25) is 0 Å². The molecule has 0 radical (unpaired) electrons. The Hall–Kier alpha value is -2.76. The molecule has 0 fully saturated rings. The molecule has 0 aliphatic rings. The molecule has 0 saturated heterocycles. The molecule has 2 aromatic rings. The Balaban J connectivity index is 2.02. The minimum atomic E-state index is -0.545. The highest BCUT2D eigenvalue weighted by Gasteiger charge is 2.12. The van der Waals surface area contributed by atoms with Gasteiger partial charge in [-0.25, -0.2) is 9.78 Å². The van der Waals surface area contributed by atoms with Gasteiger partial charge in [0.05, 0.1) is 18.8 Å². The Morgan fingerprint density at radius 2 is 1.95 bits per heavy atom. The molecule has 0 aliphatic carbocycles. The quantitative estimate of drug-likeness (QED) is 0.844. The fourth-order valence-corrected chi connectivity index (χ4v) is 1.64. The zero-order chi connectivity index (χ0) is 15.1. The lowest BCUT2D eigenvalue weighted by Crippen LogP contribution is -2.25. The molecule has 0 spiro atoms. The molecule has 0 aromatic carbocycles. The van der Waals surface area contributed by atoms with E-state index in [-0.39, 0.29) is 23.9 Å². The van der Waals surface area contributed by atoms with Gasteiger partial charge in [0.15, 0.2) is 0 Å². The van der Waals surface area contributed by atoms with E-state index in [0.29, 0.717) is 6.54 Å². The Bertz CT molecular complexity index is 629. The topological polar surface area (TPSA) is 81.2 Å². The normalized spacial score (nSPS) is 9.95. The first kappa shape index (κ1) is 14.6. The summed E-state index contributed by atoms with van der Waals surface area (Å²) in [7, 11) is 0. The lowest BCUT2D eigenvalue weighted by atomic mass is 10.3. The molecule has 6 heteroatoms. The van der Waals surface area contributed by atoms with Gasteiger partial charge in [0, 0.05) is 6.20 Å². The van der Waals surface area contributed by atoms with E-state index in [2.05, 4.69) is 15.3 Å². The molecule has 2 heterocycles. The van der Waals surface area contributed by atoms with Crippen LogP contribution in [0.5, 0.6) is 0 Å². The van der Waals surface area contributed by atoms with E-state index >= 15 is 0 Å². The molecular formula is C15H15N3O3. The van der Waals surface area contributed by atoms with E-state index in [1.165, 1.54) is 12.1 Å². The third-order valence-corrected chi connectivity index (χ3v) is 2.62. The summed E-state index contributed by atoms with van der Waals surface area (Å²) in [5, 5.41) is 2.70. The number of carbonyl (C=O) groups is 2. The largest absolute Gasteiger partial charge is 0.461 e. The first-order valence-electron chi connectivity index (χ1n) is 6.53. The predicted molar refractivity (Wildman–Crippen MR) is 75.6 cm³/mol. The van der Waals surface area contributed by atoms with Crippen molar-refractivity contribution in [1.82, 2.24) is 15.3 Å². The summed E-state index contributed by atoms with van der Waals surface area (Å²) in [6.07, 6.45) is 1.65. The van der Waals surface area contributed by atoms with Crippen molar-refractivity contribution >= 4 is 11.9 Å². The molecule has 0 atom stereocenters. The van der Waals surface area contributed by atoms with Gasteiger partial charge in [-0.1, -0.05) is 12.1 Å². The summed E-state index contributed by atoms with van der Waals surface area (Å²) < 4.78 is 4.85. The van der Waals surface area contributed by atoms with Crippen molar-refractivity contribution in [3.63, 3.8) is 0 Å². The van der Waals surface area contributed by atoms with Gasteiger partial charge < -0.3 is 10.1 Å². The number of rotatable bonds is 5. The van der Waals surface area contributed by atoms with Crippen molar-refractivity contribution in [2.45, 2.75) is 13.5 Å². The number of amides is 1. The average molecular weight is 285 g/mol. The van der Waals surface area contributed by atoms with Crippen LogP contribution in [0.1, 0.15) is 33.6 Å². The van der Waals surface area contributed by atoms with Crippen LogP contribution in [-0.4, -0.2) is 28.5 Å². The molecule has 0 unspecified atom stereocenters. The molecule has 108 valence electrons. The van der Waals surface area contributed by atoms with Gasteiger partial charge in [0.1, 0.15) is 11.4 Å². The fraction of sp³-hybridized carbons (Fsp3) is 0.200. The predicted octanol–water partition coefficient (Wildman–Crippen LogP) is 1.58. The van der Waals surface area contributed by atoms with Crippen LogP contribution in [0, 0.1) is 0 Å². The van der Waals surface area contributed by atoms with E-state index in [1.807, 2.05) is 12.1 Å². The van der Waals surface area contributed by atoms with Gasteiger partial charge in [-0.15, -0.1) is 0 Å². The maximum Gasteiger partial charge on any atom is 0.356 e. The highest BCUT2D eigenvalue weighted by molar-refractivity contribution is 5.94. The second-order valence-corrected chi connectivity index (χ2v) is 4.13. The van der Waals surface area contributed by atoms with E-state index in [4.69, 9.17) is 4.74 Å². The SMILES string of the molecule is CCOC(=O)c1cccc(C(=O)NCc2ccccn2)n1. The van der Waals surface area contributed by atoms with E-state index in [9.17, 15) is 9.59 Å². The van der Waals surface area contributed by atoms with Crippen molar-refractivity contribution < 1.29 is 14.3 Å². The first-order chi connectivity index (χ1) is 10.2.